The highest BCUT2D eigenvalue weighted by molar-refractivity contribution is 7.80. The SMILES string of the molecule is O=C(CF)NC(NC(=S)Nc1ccc(Cl)cc1)C(Cl)(Cl)Cl. The van der Waals surface area contributed by atoms with Gasteiger partial charge in [0.2, 0.25) is 3.79 Å². The summed E-state index contributed by atoms with van der Waals surface area (Å²) < 4.78 is 10.3. The first kappa shape index (κ1) is 18.5. The van der Waals surface area contributed by atoms with Gasteiger partial charge in [-0.1, -0.05) is 46.4 Å². The Morgan fingerprint density at radius 3 is 2.29 bits per heavy atom. The van der Waals surface area contributed by atoms with Crippen LogP contribution >= 0.6 is 58.6 Å². The van der Waals surface area contributed by atoms with Gasteiger partial charge in [0.15, 0.2) is 11.8 Å². The van der Waals surface area contributed by atoms with Crippen LogP contribution in [0.15, 0.2) is 24.3 Å². The number of rotatable bonds is 4. The molecule has 1 aromatic rings. The molecule has 1 rings (SSSR count). The van der Waals surface area contributed by atoms with Crippen molar-refractivity contribution in [3.63, 3.8) is 0 Å². The summed E-state index contributed by atoms with van der Waals surface area (Å²) >= 11 is 27.9. The molecule has 1 amide bonds. The van der Waals surface area contributed by atoms with Crippen LogP contribution in [0.4, 0.5) is 10.1 Å². The molecule has 10 heteroatoms. The van der Waals surface area contributed by atoms with Gasteiger partial charge < -0.3 is 16.0 Å². The maximum atomic E-state index is 12.2. The average Bonchev–Trinajstić information content (AvgIpc) is 2.39. The number of amides is 1. The lowest BCUT2D eigenvalue weighted by Crippen LogP contribution is -2.56. The fraction of sp³-hybridized carbons (Fsp3) is 0.273. The van der Waals surface area contributed by atoms with Crippen LogP contribution in [0.2, 0.25) is 5.02 Å². The smallest absolute Gasteiger partial charge is 0.253 e. The molecule has 0 saturated carbocycles. The predicted molar refractivity (Wildman–Crippen MR) is 89.0 cm³/mol. The summed E-state index contributed by atoms with van der Waals surface area (Å²) in [5.41, 5.74) is 0.636. The van der Waals surface area contributed by atoms with Gasteiger partial charge in [-0.25, -0.2) is 4.39 Å². The van der Waals surface area contributed by atoms with Crippen LogP contribution in [0.1, 0.15) is 0 Å². The first-order valence-electron chi connectivity index (χ1n) is 5.47. The fourth-order valence-corrected chi connectivity index (χ4v) is 1.92. The Morgan fingerprint density at radius 1 is 1.24 bits per heavy atom. The van der Waals surface area contributed by atoms with E-state index >= 15 is 0 Å². The van der Waals surface area contributed by atoms with E-state index in [4.69, 9.17) is 58.6 Å². The Bertz CT molecular complexity index is 509. The highest BCUT2D eigenvalue weighted by Crippen LogP contribution is 2.29. The molecule has 0 aromatic heterocycles. The van der Waals surface area contributed by atoms with Gasteiger partial charge in [-0.3, -0.25) is 4.79 Å². The van der Waals surface area contributed by atoms with E-state index in [0.717, 1.165) is 0 Å². The third-order valence-corrected chi connectivity index (χ3v) is 3.26. The number of anilines is 1. The van der Waals surface area contributed by atoms with Gasteiger partial charge in [-0.15, -0.1) is 0 Å². The molecule has 1 aromatic carbocycles. The topological polar surface area (TPSA) is 53.2 Å². The highest BCUT2D eigenvalue weighted by atomic mass is 35.6. The first-order valence-corrected chi connectivity index (χ1v) is 7.39. The van der Waals surface area contributed by atoms with Crippen LogP contribution in [0.5, 0.6) is 0 Å². The number of thiocarbonyl (C=S) groups is 1. The van der Waals surface area contributed by atoms with Crippen molar-refractivity contribution in [2.45, 2.75) is 9.96 Å². The zero-order valence-corrected chi connectivity index (χ0v) is 14.1. The summed E-state index contributed by atoms with van der Waals surface area (Å²) in [7, 11) is 0. The summed E-state index contributed by atoms with van der Waals surface area (Å²) in [6, 6.07) is 6.68. The van der Waals surface area contributed by atoms with Crippen LogP contribution in [0, 0.1) is 0 Å². The zero-order valence-electron chi connectivity index (χ0n) is 10.3. The van der Waals surface area contributed by atoms with E-state index in [2.05, 4.69) is 16.0 Å². The maximum absolute atomic E-state index is 12.2. The third-order valence-electron chi connectivity index (χ3n) is 2.13. The minimum atomic E-state index is -1.92. The van der Waals surface area contributed by atoms with Crippen LogP contribution in [0.25, 0.3) is 0 Å². The van der Waals surface area contributed by atoms with Gasteiger partial charge in [0.25, 0.3) is 5.91 Å². The van der Waals surface area contributed by atoms with Crippen molar-refractivity contribution in [2.75, 3.05) is 12.0 Å². The number of carbonyl (C=O) groups is 1. The molecular weight excluding hydrogens is 383 g/mol. The van der Waals surface area contributed by atoms with Crippen molar-refractivity contribution in [2.24, 2.45) is 0 Å². The molecule has 0 fully saturated rings. The number of hydrogen-bond donors (Lipinski definition) is 3. The van der Waals surface area contributed by atoms with Crippen molar-refractivity contribution in [1.82, 2.24) is 10.6 Å². The molecule has 0 spiro atoms. The van der Waals surface area contributed by atoms with E-state index in [-0.39, 0.29) is 5.11 Å². The van der Waals surface area contributed by atoms with Crippen LogP contribution < -0.4 is 16.0 Å². The molecule has 0 aliphatic carbocycles. The number of halogens is 5. The maximum Gasteiger partial charge on any atom is 0.253 e. The molecule has 4 nitrogen and oxygen atoms in total. The Hall–Kier alpha value is -0.530. The zero-order chi connectivity index (χ0) is 16.0. The highest BCUT2D eigenvalue weighted by Gasteiger charge is 2.34. The van der Waals surface area contributed by atoms with Crippen LogP contribution in [0.3, 0.4) is 0 Å². The Morgan fingerprint density at radius 2 is 1.81 bits per heavy atom. The minimum absolute atomic E-state index is 0.0767. The van der Waals surface area contributed by atoms with E-state index in [0.29, 0.717) is 10.7 Å². The second kappa shape index (κ2) is 8.19. The van der Waals surface area contributed by atoms with Gasteiger partial charge in [-0.2, -0.15) is 0 Å². The molecule has 21 heavy (non-hydrogen) atoms. The minimum Gasteiger partial charge on any atom is -0.339 e. The van der Waals surface area contributed by atoms with Crippen molar-refractivity contribution in [3.05, 3.63) is 29.3 Å². The average molecular weight is 393 g/mol. The number of benzene rings is 1. The van der Waals surface area contributed by atoms with Gasteiger partial charge in [0.05, 0.1) is 0 Å². The van der Waals surface area contributed by atoms with Gasteiger partial charge in [0, 0.05) is 10.7 Å². The second-order valence-corrected chi connectivity index (χ2v) is 6.99. The molecule has 0 heterocycles. The molecule has 0 aliphatic heterocycles. The monoisotopic (exact) mass is 391 g/mol. The Labute approximate surface area is 146 Å². The normalized spacial score (nSPS) is 12.4. The number of hydrogen-bond acceptors (Lipinski definition) is 2. The van der Waals surface area contributed by atoms with Crippen molar-refractivity contribution >= 4 is 75.3 Å². The van der Waals surface area contributed by atoms with Crippen molar-refractivity contribution in [3.8, 4) is 0 Å². The summed E-state index contributed by atoms with van der Waals surface area (Å²) in [4.78, 5) is 11.1. The van der Waals surface area contributed by atoms with Crippen molar-refractivity contribution in [1.29, 1.82) is 0 Å². The van der Waals surface area contributed by atoms with Crippen LogP contribution in [-0.2, 0) is 4.79 Å². The lowest BCUT2D eigenvalue weighted by molar-refractivity contribution is -0.122. The molecule has 1 unspecified atom stereocenters. The number of alkyl halides is 4. The van der Waals surface area contributed by atoms with E-state index in [9.17, 15) is 9.18 Å². The summed E-state index contributed by atoms with van der Waals surface area (Å²) in [5.74, 6) is -0.937. The number of carbonyl (C=O) groups excluding carboxylic acids is 1. The second-order valence-electron chi connectivity index (χ2n) is 3.78. The fourth-order valence-electron chi connectivity index (χ4n) is 1.23. The van der Waals surface area contributed by atoms with E-state index in [1.54, 1.807) is 24.3 Å². The molecule has 1 atom stereocenters. The standard InChI is InChI=1S/C11H10Cl4FN3OS/c12-6-1-3-7(4-2-6)17-10(21)19-9(11(13,14)15)18-8(20)5-16/h1-4,9H,5H2,(H,18,20)(H2,17,19,21). The van der Waals surface area contributed by atoms with Crippen LogP contribution in [-0.4, -0.2) is 27.7 Å². The molecular formula is C11H10Cl4FN3OS. The lowest BCUT2D eigenvalue weighted by atomic mass is 10.3. The summed E-state index contributed by atoms with van der Waals surface area (Å²) in [5, 5.41) is 8.19. The molecule has 3 N–H and O–H groups in total. The number of nitrogens with one attached hydrogen (secondary N) is 3. The van der Waals surface area contributed by atoms with Gasteiger partial charge in [-0.05, 0) is 36.5 Å². The van der Waals surface area contributed by atoms with E-state index in [1.807, 2.05) is 0 Å². The molecule has 0 radical (unpaired) electrons. The summed E-state index contributed by atoms with van der Waals surface area (Å²) in [6.07, 6.45) is -1.20. The lowest BCUT2D eigenvalue weighted by Gasteiger charge is -2.27. The largest absolute Gasteiger partial charge is 0.339 e. The Kier molecular flexibility index (Phi) is 7.23. The molecule has 0 aliphatic rings. The quantitative estimate of drug-likeness (QED) is 0.417. The molecule has 0 saturated heterocycles. The van der Waals surface area contributed by atoms with E-state index < -0.39 is 22.5 Å². The first-order chi connectivity index (χ1) is 9.72. The van der Waals surface area contributed by atoms with Gasteiger partial charge >= 0.3 is 0 Å². The van der Waals surface area contributed by atoms with Gasteiger partial charge in [0.1, 0.15) is 6.17 Å². The molecule has 0 bridgehead atoms. The summed E-state index contributed by atoms with van der Waals surface area (Å²) in [6.45, 7) is -1.24. The third kappa shape index (κ3) is 6.84. The molecule has 116 valence electrons. The van der Waals surface area contributed by atoms with Crippen molar-refractivity contribution < 1.29 is 9.18 Å². The Balaban J connectivity index is 2.67. The van der Waals surface area contributed by atoms with E-state index in [1.165, 1.54) is 0 Å². The predicted octanol–water partition coefficient (Wildman–Crippen LogP) is 3.41.